The zero-order valence-electron chi connectivity index (χ0n) is 16.2. The predicted octanol–water partition coefficient (Wildman–Crippen LogP) is 6.31. The molecular formula is C21H15Cl3N2O4S. The highest BCUT2D eigenvalue weighted by atomic mass is 35.5. The Morgan fingerprint density at radius 1 is 0.903 bits per heavy atom. The van der Waals surface area contributed by atoms with Crippen molar-refractivity contribution in [1.29, 1.82) is 0 Å². The number of esters is 1. The number of ether oxygens (including phenoxy) is 1. The van der Waals surface area contributed by atoms with Crippen molar-refractivity contribution in [2.45, 2.75) is 6.92 Å². The fraction of sp³-hybridized carbons (Fsp3) is 0.0952. The molecule has 2 amide bonds. The first-order chi connectivity index (χ1) is 14.7. The Bertz CT molecular complexity index is 1180. The number of methoxy groups -OCH3 is 1. The molecule has 0 aliphatic carbocycles. The lowest BCUT2D eigenvalue weighted by atomic mass is 10.1. The van der Waals surface area contributed by atoms with Crippen LogP contribution in [0, 0.1) is 6.92 Å². The average molecular weight is 498 g/mol. The van der Waals surface area contributed by atoms with Gasteiger partial charge in [-0.25, -0.2) is 4.79 Å². The van der Waals surface area contributed by atoms with Crippen LogP contribution in [0.25, 0.3) is 0 Å². The summed E-state index contributed by atoms with van der Waals surface area (Å²) in [5.74, 6) is -1.64. The van der Waals surface area contributed by atoms with Crippen molar-refractivity contribution < 1.29 is 19.1 Å². The second kappa shape index (κ2) is 9.70. The van der Waals surface area contributed by atoms with Crippen LogP contribution in [0.5, 0.6) is 0 Å². The van der Waals surface area contributed by atoms with Gasteiger partial charge in [0.05, 0.1) is 27.6 Å². The van der Waals surface area contributed by atoms with Gasteiger partial charge in [-0.05, 0) is 55.0 Å². The van der Waals surface area contributed by atoms with Gasteiger partial charge in [0.1, 0.15) is 5.00 Å². The minimum Gasteiger partial charge on any atom is -0.465 e. The number of halogens is 3. The Balaban J connectivity index is 1.93. The van der Waals surface area contributed by atoms with E-state index in [4.69, 9.17) is 39.5 Å². The molecule has 3 aromatic rings. The molecule has 0 radical (unpaired) electrons. The van der Waals surface area contributed by atoms with Crippen LogP contribution >= 0.6 is 46.1 Å². The summed E-state index contributed by atoms with van der Waals surface area (Å²) < 4.78 is 4.84. The normalized spacial score (nSPS) is 10.5. The number of rotatable bonds is 5. The third kappa shape index (κ3) is 5.19. The second-order valence-electron chi connectivity index (χ2n) is 6.30. The molecule has 0 saturated carbocycles. The van der Waals surface area contributed by atoms with Crippen molar-refractivity contribution in [3.05, 3.63) is 79.1 Å². The van der Waals surface area contributed by atoms with Crippen LogP contribution in [0.4, 0.5) is 10.7 Å². The van der Waals surface area contributed by atoms with Crippen LogP contribution < -0.4 is 10.6 Å². The molecule has 1 heterocycles. The summed E-state index contributed by atoms with van der Waals surface area (Å²) in [6.07, 6.45) is 0. The van der Waals surface area contributed by atoms with E-state index in [9.17, 15) is 14.4 Å². The van der Waals surface area contributed by atoms with Crippen LogP contribution in [0.1, 0.15) is 36.0 Å². The van der Waals surface area contributed by atoms with E-state index in [0.717, 1.165) is 11.3 Å². The molecule has 31 heavy (non-hydrogen) atoms. The molecule has 2 N–H and O–H groups in total. The number of nitrogens with one attached hydrogen (secondary N) is 2. The highest BCUT2D eigenvalue weighted by Gasteiger charge is 2.26. The predicted molar refractivity (Wildman–Crippen MR) is 124 cm³/mol. The summed E-state index contributed by atoms with van der Waals surface area (Å²) >= 11 is 18.7. The average Bonchev–Trinajstić information content (AvgIpc) is 3.07. The quantitative estimate of drug-likeness (QED) is 0.405. The lowest BCUT2D eigenvalue weighted by molar-refractivity contribution is 0.0601. The zero-order valence-corrected chi connectivity index (χ0v) is 19.3. The molecule has 0 atom stereocenters. The maximum absolute atomic E-state index is 12.8. The summed E-state index contributed by atoms with van der Waals surface area (Å²) in [6.45, 7) is 1.61. The first kappa shape index (κ1) is 23.1. The van der Waals surface area contributed by atoms with Gasteiger partial charge in [0.15, 0.2) is 0 Å². The molecule has 6 nitrogen and oxygen atoms in total. The summed E-state index contributed by atoms with van der Waals surface area (Å²) in [4.78, 5) is 38.1. The van der Waals surface area contributed by atoms with Crippen LogP contribution in [-0.2, 0) is 4.74 Å². The number of benzene rings is 2. The maximum atomic E-state index is 12.8. The van der Waals surface area contributed by atoms with Crippen molar-refractivity contribution in [1.82, 2.24) is 0 Å². The Morgan fingerprint density at radius 2 is 1.58 bits per heavy atom. The van der Waals surface area contributed by atoms with E-state index in [0.29, 0.717) is 21.3 Å². The number of hydrogen-bond donors (Lipinski definition) is 2. The lowest BCUT2D eigenvalue weighted by Crippen LogP contribution is -2.14. The molecule has 0 saturated heterocycles. The van der Waals surface area contributed by atoms with Crippen LogP contribution in [0.15, 0.2) is 42.5 Å². The Morgan fingerprint density at radius 3 is 2.19 bits per heavy atom. The highest BCUT2D eigenvalue weighted by Crippen LogP contribution is 2.35. The van der Waals surface area contributed by atoms with E-state index in [1.54, 1.807) is 31.2 Å². The molecule has 0 bridgehead atoms. The maximum Gasteiger partial charge on any atom is 0.341 e. The summed E-state index contributed by atoms with van der Waals surface area (Å²) in [7, 11) is 1.22. The van der Waals surface area contributed by atoms with E-state index in [2.05, 4.69) is 10.6 Å². The fourth-order valence-electron chi connectivity index (χ4n) is 2.70. The number of hydrogen-bond acceptors (Lipinski definition) is 5. The first-order valence-electron chi connectivity index (χ1n) is 8.76. The third-order valence-electron chi connectivity index (χ3n) is 4.25. The van der Waals surface area contributed by atoms with Crippen LogP contribution in [-0.4, -0.2) is 24.9 Å². The van der Waals surface area contributed by atoms with Crippen molar-refractivity contribution >= 4 is 74.6 Å². The number of carbonyl (C=O) groups excluding carboxylic acids is 3. The fourth-order valence-corrected chi connectivity index (χ4v) is 4.21. The Hall–Kier alpha value is -2.58. The molecule has 3 rings (SSSR count). The number of carbonyl (C=O) groups is 3. The van der Waals surface area contributed by atoms with Crippen molar-refractivity contribution in [2.75, 3.05) is 17.7 Å². The van der Waals surface area contributed by atoms with Gasteiger partial charge < -0.3 is 15.4 Å². The van der Waals surface area contributed by atoms with Gasteiger partial charge in [0.2, 0.25) is 0 Å². The van der Waals surface area contributed by atoms with Gasteiger partial charge in [-0.3, -0.25) is 9.59 Å². The van der Waals surface area contributed by atoms with Crippen molar-refractivity contribution in [2.24, 2.45) is 0 Å². The van der Waals surface area contributed by atoms with Gasteiger partial charge in [-0.2, -0.15) is 0 Å². The lowest BCUT2D eigenvalue weighted by Gasteiger charge is -2.07. The van der Waals surface area contributed by atoms with Crippen molar-refractivity contribution in [3.8, 4) is 0 Å². The molecule has 1 aromatic heterocycles. The number of amides is 2. The molecule has 160 valence electrons. The minimum atomic E-state index is -0.677. The molecule has 0 aliphatic heterocycles. The second-order valence-corrected chi connectivity index (χ2v) is 8.57. The van der Waals surface area contributed by atoms with Gasteiger partial charge in [-0.15, -0.1) is 11.3 Å². The summed E-state index contributed by atoms with van der Waals surface area (Å²) in [5, 5.41) is 6.63. The van der Waals surface area contributed by atoms with Gasteiger partial charge in [0.25, 0.3) is 11.8 Å². The highest BCUT2D eigenvalue weighted by molar-refractivity contribution is 7.19. The van der Waals surface area contributed by atoms with E-state index in [1.165, 1.54) is 25.3 Å². The van der Waals surface area contributed by atoms with E-state index in [-0.39, 0.29) is 26.0 Å². The molecule has 0 fully saturated rings. The van der Waals surface area contributed by atoms with Gasteiger partial charge in [0, 0.05) is 16.3 Å². The first-order valence-corrected chi connectivity index (χ1v) is 10.7. The number of thiophene rings is 1. The van der Waals surface area contributed by atoms with Crippen LogP contribution in [0.2, 0.25) is 15.1 Å². The van der Waals surface area contributed by atoms with E-state index < -0.39 is 17.8 Å². The Labute approximate surface area is 197 Å². The summed E-state index contributed by atoms with van der Waals surface area (Å²) in [6, 6.07) is 11.0. The molecule has 0 unspecified atom stereocenters. The zero-order chi connectivity index (χ0) is 22.7. The minimum absolute atomic E-state index is 0.0992. The monoisotopic (exact) mass is 496 g/mol. The molecule has 2 aromatic carbocycles. The molecule has 0 aliphatic rings. The largest absolute Gasteiger partial charge is 0.465 e. The summed E-state index contributed by atoms with van der Waals surface area (Å²) in [5.41, 5.74) is 1.25. The number of anilines is 2. The van der Waals surface area contributed by atoms with Crippen molar-refractivity contribution in [3.63, 3.8) is 0 Å². The standard InChI is InChI=1S/C21H15Cl3N2O4S/c1-10-16(21(29)30-2)20(26-18(27)11-3-8-14(23)15(24)9-11)31-17(10)19(28)25-13-6-4-12(22)5-7-13/h3-9H,1-2H3,(H,25,28)(H,26,27). The third-order valence-corrected chi connectivity index (χ3v) is 6.45. The van der Waals surface area contributed by atoms with E-state index in [1.807, 2.05) is 0 Å². The molecule has 0 spiro atoms. The SMILES string of the molecule is COC(=O)c1c(NC(=O)c2ccc(Cl)c(Cl)c2)sc(C(=O)Nc2ccc(Cl)cc2)c1C. The van der Waals surface area contributed by atoms with Gasteiger partial charge >= 0.3 is 5.97 Å². The molecule has 10 heteroatoms. The van der Waals surface area contributed by atoms with E-state index >= 15 is 0 Å². The molecular weight excluding hydrogens is 483 g/mol. The topological polar surface area (TPSA) is 84.5 Å². The Kier molecular flexibility index (Phi) is 7.23. The smallest absolute Gasteiger partial charge is 0.341 e. The van der Waals surface area contributed by atoms with Gasteiger partial charge in [-0.1, -0.05) is 34.8 Å². The van der Waals surface area contributed by atoms with Crippen LogP contribution in [0.3, 0.4) is 0 Å².